The second-order valence-electron chi connectivity index (χ2n) is 6.38. The molecule has 116 valence electrons. The fraction of sp³-hybridized carbons (Fsp3) is 0.625. The summed E-state index contributed by atoms with van der Waals surface area (Å²) >= 11 is 0. The number of ether oxygens (including phenoxy) is 1. The molecule has 2 fully saturated rings. The highest BCUT2D eigenvalue weighted by Crippen LogP contribution is 2.35. The maximum Gasteiger partial charge on any atom is 0.123 e. The SMILES string of the molecule is OCC1(CN(CC(O)c2ccc(F)cc2)C2CC2)COC1. The van der Waals surface area contributed by atoms with Gasteiger partial charge in [-0.1, -0.05) is 12.1 Å². The third-order valence-electron chi connectivity index (χ3n) is 4.42. The number of hydrogen-bond acceptors (Lipinski definition) is 4. The van der Waals surface area contributed by atoms with Gasteiger partial charge in [0.25, 0.3) is 0 Å². The minimum atomic E-state index is -0.636. The van der Waals surface area contributed by atoms with Gasteiger partial charge >= 0.3 is 0 Å². The molecule has 0 spiro atoms. The molecular formula is C16H22FNO3. The van der Waals surface area contributed by atoms with Crippen molar-refractivity contribution in [1.29, 1.82) is 0 Å². The van der Waals surface area contributed by atoms with Crippen molar-refractivity contribution in [2.75, 3.05) is 32.9 Å². The Morgan fingerprint density at radius 3 is 2.43 bits per heavy atom. The summed E-state index contributed by atoms with van der Waals surface area (Å²) in [6, 6.07) is 6.48. The van der Waals surface area contributed by atoms with E-state index in [1.165, 1.54) is 12.1 Å². The van der Waals surface area contributed by atoms with E-state index in [0.717, 1.165) is 24.9 Å². The lowest BCUT2D eigenvalue weighted by molar-refractivity contribution is -0.151. The van der Waals surface area contributed by atoms with Crippen LogP contribution in [-0.4, -0.2) is 54.1 Å². The highest BCUT2D eigenvalue weighted by Gasteiger charge is 2.43. The summed E-state index contributed by atoms with van der Waals surface area (Å²) < 4.78 is 18.2. The predicted molar refractivity (Wildman–Crippen MR) is 76.3 cm³/mol. The Hall–Kier alpha value is -1.01. The Balaban J connectivity index is 1.63. The van der Waals surface area contributed by atoms with Gasteiger partial charge in [0.2, 0.25) is 0 Å². The standard InChI is InChI=1S/C16H22FNO3/c17-13-3-1-12(2-4-13)15(20)7-18(14-5-6-14)8-16(9-19)10-21-11-16/h1-4,14-15,19-20H,5-11H2. The van der Waals surface area contributed by atoms with E-state index in [-0.39, 0.29) is 17.8 Å². The average Bonchev–Trinajstić information content (AvgIpc) is 3.26. The summed E-state index contributed by atoms with van der Waals surface area (Å²) in [5, 5.41) is 19.9. The quantitative estimate of drug-likeness (QED) is 0.797. The minimum absolute atomic E-state index is 0.114. The van der Waals surface area contributed by atoms with Crippen molar-refractivity contribution in [2.45, 2.75) is 25.0 Å². The van der Waals surface area contributed by atoms with E-state index in [0.29, 0.717) is 25.8 Å². The van der Waals surface area contributed by atoms with E-state index in [1.54, 1.807) is 12.1 Å². The molecule has 2 aliphatic rings. The van der Waals surface area contributed by atoms with E-state index < -0.39 is 6.10 Å². The Morgan fingerprint density at radius 1 is 1.29 bits per heavy atom. The normalized spacial score (nSPS) is 22.1. The first kappa shape index (κ1) is 14.9. The lowest BCUT2D eigenvalue weighted by Crippen LogP contribution is -2.54. The Kier molecular flexibility index (Phi) is 4.26. The molecule has 1 aromatic carbocycles. The molecule has 0 aromatic heterocycles. The molecule has 1 heterocycles. The van der Waals surface area contributed by atoms with Gasteiger partial charge in [0.1, 0.15) is 5.82 Å². The van der Waals surface area contributed by atoms with Crippen LogP contribution in [0.15, 0.2) is 24.3 Å². The van der Waals surface area contributed by atoms with Gasteiger partial charge in [0.15, 0.2) is 0 Å². The molecule has 1 aliphatic carbocycles. The second-order valence-corrected chi connectivity index (χ2v) is 6.38. The number of benzene rings is 1. The largest absolute Gasteiger partial charge is 0.396 e. The fourth-order valence-corrected chi connectivity index (χ4v) is 2.85. The van der Waals surface area contributed by atoms with Gasteiger partial charge in [-0.2, -0.15) is 0 Å². The second kappa shape index (κ2) is 6.01. The number of hydrogen-bond donors (Lipinski definition) is 2. The minimum Gasteiger partial charge on any atom is -0.396 e. The lowest BCUT2D eigenvalue weighted by atomic mass is 9.86. The van der Waals surface area contributed by atoms with Gasteiger partial charge in [0, 0.05) is 19.1 Å². The van der Waals surface area contributed by atoms with Gasteiger partial charge in [0.05, 0.1) is 31.3 Å². The molecular weight excluding hydrogens is 273 g/mol. The van der Waals surface area contributed by atoms with Crippen LogP contribution in [0.5, 0.6) is 0 Å². The monoisotopic (exact) mass is 295 g/mol. The summed E-state index contributed by atoms with van der Waals surface area (Å²) in [6.45, 7) is 2.53. The topological polar surface area (TPSA) is 52.9 Å². The van der Waals surface area contributed by atoms with Gasteiger partial charge in [-0.3, -0.25) is 4.90 Å². The Bertz CT molecular complexity index is 465. The molecule has 1 aromatic rings. The molecule has 1 aliphatic heterocycles. The molecule has 1 atom stereocenters. The summed E-state index contributed by atoms with van der Waals surface area (Å²) in [7, 11) is 0. The summed E-state index contributed by atoms with van der Waals surface area (Å²) in [5.74, 6) is -0.296. The average molecular weight is 295 g/mol. The third-order valence-corrected chi connectivity index (χ3v) is 4.42. The highest BCUT2D eigenvalue weighted by atomic mass is 19.1. The molecule has 0 radical (unpaired) electrons. The molecule has 1 saturated heterocycles. The first-order valence-corrected chi connectivity index (χ1v) is 7.48. The Labute approximate surface area is 124 Å². The van der Waals surface area contributed by atoms with Gasteiger partial charge in [-0.15, -0.1) is 0 Å². The van der Waals surface area contributed by atoms with Crippen LogP contribution in [0.3, 0.4) is 0 Å². The smallest absolute Gasteiger partial charge is 0.123 e. The zero-order valence-electron chi connectivity index (χ0n) is 12.0. The summed E-state index contributed by atoms with van der Waals surface area (Å²) in [6.07, 6.45) is 1.64. The van der Waals surface area contributed by atoms with Crippen LogP contribution in [0.2, 0.25) is 0 Å². The molecule has 2 N–H and O–H groups in total. The van der Waals surface area contributed by atoms with E-state index in [9.17, 15) is 14.6 Å². The van der Waals surface area contributed by atoms with Crippen molar-refractivity contribution in [3.05, 3.63) is 35.6 Å². The van der Waals surface area contributed by atoms with Crippen LogP contribution in [0.25, 0.3) is 0 Å². The molecule has 0 amide bonds. The van der Waals surface area contributed by atoms with Crippen molar-refractivity contribution in [1.82, 2.24) is 4.90 Å². The van der Waals surface area contributed by atoms with Crippen LogP contribution in [0.1, 0.15) is 24.5 Å². The maximum absolute atomic E-state index is 12.9. The van der Waals surface area contributed by atoms with Crippen LogP contribution in [0.4, 0.5) is 4.39 Å². The zero-order chi connectivity index (χ0) is 14.9. The molecule has 1 unspecified atom stereocenters. The zero-order valence-corrected chi connectivity index (χ0v) is 12.0. The number of aliphatic hydroxyl groups is 2. The Morgan fingerprint density at radius 2 is 1.95 bits per heavy atom. The van der Waals surface area contributed by atoms with Crippen LogP contribution >= 0.6 is 0 Å². The fourth-order valence-electron chi connectivity index (χ4n) is 2.85. The van der Waals surface area contributed by atoms with Crippen molar-refractivity contribution in [3.63, 3.8) is 0 Å². The van der Waals surface area contributed by atoms with E-state index >= 15 is 0 Å². The van der Waals surface area contributed by atoms with Crippen molar-refractivity contribution < 1.29 is 19.3 Å². The molecule has 0 bridgehead atoms. The van der Waals surface area contributed by atoms with Crippen molar-refractivity contribution in [2.24, 2.45) is 5.41 Å². The molecule has 21 heavy (non-hydrogen) atoms. The third kappa shape index (κ3) is 3.43. The predicted octanol–water partition coefficient (Wildman–Crippen LogP) is 1.33. The van der Waals surface area contributed by atoms with E-state index in [1.807, 2.05) is 0 Å². The van der Waals surface area contributed by atoms with Crippen molar-refractivity contribution >= 4 is 0 Å². The molecule has 5 heteroatoms. The first-order chi connectivity index (χ1) is 10.1. The van der Waals surface area contributed by atoms with Crippen LogP contribution < -0.4 is 0 Å². The molecule has 1 saturated carbocycles. The number of aliphatic hydroxyl groups excluding tert-OH is 2. The first-order valence-electron chi connectivity index (χ1n) is 7.48. The van der Waals surface area contributed by atoms with Crippen molar-refractivity contribution in [3.8, 4) is 0 Å². The van der Waals surface area contributed by atoms with E-state index in [2.05, 4.69) is 4.90 Å². The summed E-state index contributed by atoms with van der Waals surface area (Å²) in [4.78, 5) is 2.24. The van der Waals surface area contributed by atoms with Crippen LogP contribution in [-0.2, 0) is 4.74 Å². The number of nitrogens with zero attached hydrogens (tertiary/aromatic N) is 1. The van der Waals surface area contributed by atoms with Crippen LogP contribution in [0, 0.1) is 11.2 Å². The molecule has 4 nitrogen and oxygen atoms in total. The van der Waals surface area contributed by atoms with E-state index in [4.69, 9.17) is 4.74 Å². The lowest BCUT2D eigenvalue weighted by Gasteiger charge is -2.43. The molecule has 3 rings (SSSR count). The number of halogens is 1. The number of rotatable bonds is 7. The van der Waals surface area contributed by atoms with Gasteiger partial charge < -0.3 is 14.9 Å². The maximum atomic E-state index is 12.9. The summed E-state index contributed by atoms with van der Waals surface area (Å²) in [5.41, 5.74) is 0.551. The van der Waals surface area contributed by atoms with Gasteiger partial charge in [-0.05, 0) is 30.5 Å². The highest BCUT2D eigenvalue weighted by molar-refractivity contribution is 5.19. The van der Waals surface area contributed by atoms with Gasteiger partial charge in [-0.25, -0.2) is 4.39 Å².